The van der Waals surface area contributed by atoms with E-state index in [-0.39, 0.29) is 23.3 Å². The lowest BCUT2D eigenvalue weighted by atomic mass is 9.50. The van der Waals surface area contributed by atoms with Gasteiger partial charge in [0.15, 0.2) is 23.4 Å². The molecule has 0 aromatic carbocycles. The summed E-state index contributed by atoms with van der Waals surface area (Å²) >= 11 is 12.8. The number of hydrogen-bond acceptors (Lipinski definition) is 5. The molecule has 1 spiro atoms. The van der Waals surface area contributed by atoms with Crippen molar-refractivity contribution in [2.45, 2.75) is 41.3 Å². The van der Waals surface area contributed by atoms with Crippen molar-refractivity contribution in [3.63, 3.8) is 0 Å². The van der Waals surface area contributed by atoms with E-state index in [1.165, 1.54) is 6.08 Å². The normalized spacial score (nSPS) is 49.4. The first-order chi connectivity index (χ1) is 11.3. The lowest BCUT2D eigenvalue weighted by molar-refractivity contribution is -0.167. The van der Waals surface area contributed by atoms with E-state index in [1.54, 1.807) is 6.08 Å². The fourth-order valence-corrected chi connectivity index (χ4v) is 5.98. The van der Waals surface area contributed by atoms with Crippen LogP contribution >= 0.6 is 23.2 Å². The number of likely N-dealkylation sites (tertiary alicyclic amines) is 1. The van der Waals surface area contributed by atoms with Gasteiger partial charge in [0.2, 0.25) is 0 Å². The van der Waals surface area contributed by atoms with Crippen LogP contribution in [-0.4, -0.2) is 63.0 Å². The van der Waals surface area contributed by atoms with Crippen LogP contribution < -0.4 is 0 Å². The van der Waals surface area contributed by atoms with Crippen molar-refractivity contribution in [3.8, 4) is 0 Å². The minimum atomic E-state index is -1.23. The van der Waals surface area contributed by atoms with Gasteiger partial charge in [-0.15, -0.1) is 23.2 Å². The molecule has 0 aromatic heterocycles. The lowest BCUT2D eigenvalue weighted by Crippen LogP contribution is -2.72. The fourth-order valence-electron chi connectivity index (χ4n) is 5.41. The van der Waals surface area contributed by atoms with E-state index in [2.05, 4.69) is 4.90 Å². The second-order valence-electron chi connectivity index (χ2n) is 7.40. The van der Waals surface area contributed by atoms with E-state index in [4.69, 9.17) is 27.9 Å². The number of ether oxygens (including phenoxy) is 1. The number of hydrogen-bond donors (Lipinski definition) is 2. The molecule has 0 radical (unpaired) electrons. The number of rotatable bonds is 0. The molecule has 5 aliphatic rings. The van der Waals surface area contributed by atoms with Crippen molar-refractivity contribution in [2.24, 2.45) is 5.41 Å². The Kier molecular flexibility index (Phi) is 2.79. The third-order valence-corrected chi connectivity index (χ3v) is 7.65. The number of alkyl halides is 2. The number of likely N-dealkylation sites (N-methyl/N-ethyl adjacent to an activating group) is 1. The highest BCUT2D eigenvalue weighted by Gasteiger charge is 2.73. The lowest BCUT2D eigenvalue weighted by Gasteiger charge is -2.60. The molecule has 128 valence electrons. The molecule has 0 aromatic rings. The molecule has 0 amide bonds. The monoisotopic (exact) mass is 369 g/mol. The molecule has 2 N–H and O–H groups in total. The largest absolute Gasteiger partial charge is 0.507 e. The SMILES string of the molecule is CN1CC[C@@]23C4=C5CC1C2(O)C=CC(=O)[C@@H]3OC4=C(O)C(Cl)C5Cl. The van der Waals surface area contributed by atoms with Gasteiger partial charge in [-0.1, -0.05) is 0 Å². The molecule has 24 heavy (non-hydrogen) atoms. The first-order valence-electron chi connectivity index (χ1n) is 8.10. The van der Waals surface area contributed by atoms with Gasteiger partial charge in [0.05, 0.1) is 10.8 Å². The van der Waals surface area contributed by atoms with Gasteiger partial charge in [-0.2, -0.15) is 0 Å². The van der Waals surface area contributed by atoms with E-state index in [0.717, 1.165) is 12.1 Å². The Labute approximate surface area is 149 Å². The first kappa shape index (κ1) is 15.3. The van der Waals surface area contributed by atoms with Gasteiger partial charge in [0.1, 0.15) is 11.0 Å². The Balaban J connectivity index is 1.88. The standard InChI is InChI=1S/C17H17Cl2NO4/c1-20-5-4-16-10-7-6-9(20)17(16,23)3-2-8(21)15(16)24-14(10)13(22)12(19)11(7)18/h2-3,9,11-12,15,22-23H,4-6H2,1H3/t9?,11?,12?,15-,16-,17?/m0/s1. The van der Waals surface area contributed by atoms with E-state index in [9.17, 15) is 15.0 Å². The molecule has 5 rings (SSSR count). The minimum absolute atomic E-state index is 0.133. The van der Waals surface area contributed by atoms with Crippen molar-refractivity contribution in [1.82, 2.24) is 4.90 Å². The zero-order valence-electron chi connectivity index (χ0n) is 13.0. The van der Waals surface area contributed by atoms with Crippen molar-refractivity contribution in [2.75, 3.05) is 13.6 Å². The Morgan fingerprint density at radius 1 is 1.38 bits per heavy atom. The molecule has 0 saturated carbocycles. The number of aliphatic hydroxyl groups excluding tert-OH is 1. The highest BCUT2D eigenvalue weighted by Crippen LogP contribution is 2.67. The second kappa shape index (κ2) is 4.39. The Hall–Kier alpha value is -1.01. The summed E-state index contributed by atoms with van der Waals surface area (Å²) in [5.74, 6) is -0.0687. The van der Waals surface area contributed by atoms with Crippen LogP contribution in [0.3, 0.4) is 0 Å². The zero-order valence-corrected chi connectivity index (χ0v) is 14.5. The molecule has 2 aliphatic heterocycles. The zero-order chi connectivity index (χ0) is 17.0. The van der Waals surface area contributed by atoms with Gasteiger partial charge in [-0.05, 0) is 44.2 Å². The van der Waals surface area contributed by atoms with Crippen molar-refractivity contribution in [1.29, 1.82) is 0 Å². The number of carbonyl (C=O) groups excluding carboxylic acids is 1. The summed E-state index contributed by atoms with van der Waals surface area (Å²) < 4.78 is 5.92. The maximum absolute atomic E-state index is 12.6. The second-order valence-corrected chi connectivity index (χ2v) is 8.34. The predicted molar refractivity (Wildman–Crippen MR) is 88.0 cm³/mol. The van der Waals surface area contributed by atoms with E-state index in [1.807, 2.05) is 7.05 Å². The molecule has 6 atom stereocenters. The van der Waals surface area contributed by atoms with Crippen LogP contribution in [-0.2, 0) is 9.53 Å². The minimum Gasteiger partial charge on any atom is -0.507 e. The molecule has 7 heteroatoms. The molecule has 4 unspecified atom stereocenters. The average molecular weight is 370 g/mol. The van der Waals surface area contributed by atoms with Crippen LogP contribution in [0.5, 0.6) is 0 Å². The maximum atomic E-state index is 12.6. The number of piperidine rings is 1. The average Bonchev–Trinajstić information content (AvgIpc) is 2.90. The molecule has 2 saturated heterocycles. The summed E-state index contributed by atoms with van der Waals surface area (Å²) in [7, 11) is 1.97. The molecule has 5 nitrogen and oxygen atoms in total. The number of halogens is 2. The number of allylic oxidation sites excluding steroid dienone is 2. The van der Waals surface area contributed by atoms with Crippen LogP contribution in [0.25, 0.3) is 0 Å². The summed E-state index contributed by atoms with van der Waals surface area (Å²) in [6.45, 7) is 0.732. The third-order valence-electron chi connectivity index (χ3n) is 6.55. The van der Waals surface area contributed by atoms with Crippen LogP contribution in [0.4, 0.5) is 0 Å². The van der Waals surface area contributed by atoms with E-state index in [0.29, 0.717) is 18.4 Å². The predicted octanol–water partition coefficient (Wildman–Crippen LogP) is 1.64. The fraction of sp³-hybridized carbons (Fsp3) is 0.588. The van der Waals surface area contributed by atoms with Crippen molar-refractivity contribution >= 4 is 29.0 Å². The summed E-state index contributed by atoms with van der Waals surface area (Å²) in [6.07, 6.45) is 3.29. The summed E-state index contributed by atoms with van der Waals surface area (Å²) in [6, 6.07) is -0.204. The van der Waals surface area contributed by atoms with Gasteiger partial charge >= 0.3 is 0 Å². The molecule has 3 aliphatic carbocycles. The topological polar surface area (TPSA) is 70.0 Å². The number of nitrogens with zero attached hydrogens (tertiary/aromatic N) is 1. The third kappa shape index (κ3) is 1.38. The highest BCUT2D eigenvalue weighted by molar-refractivity contribution is 6.32. The van der Waals surface area contributed by atoms with Gasteiger partial charge in [0, 0.05) is 11.6 Å². The summed E-state index contributed by atoms with van der Waals surface area (Å²) in [4.78, 5) is 14.7. The number of carbonyl (C=O) groups is 1. The van der Waals surface area contributed by atoms with Gasteiger partial charge in [-0.3, -0.25) is 9.69 Å². The van der Waals surface area contributed by atoms with Crippen molar-refractivity contribution < 1.29 is 19.7 Å². The molecular formula is C17H17Cl2NO4. The molecule has 2 fully saturated rings. The summed E-state index contributed by atoms with van der Waals surface area (Å²) in [5, 5.41) is 20.8. The summed E-state index contributed by atoms with van der Waals surface area (Å²) in [5.41, 5.74) is -0.519. The molecule has 2 heterocycles. The maximum Gasteiger partial charge on any atom is 0.196 e. The van der Waals surface area contributed by atoms with Crippen LogP contribution in [0.2, 0.25) is 0 Å². The Morgan fingerprint density at radius 2 is 2.12 bits per heavy atom. The molecular weight excluding hydrogens is 353 g/mol. The molecule has 2 bridgehead atoms. The van der Waals surface area contributed by atoms with Crippen LogP contribution in [0.15, 0.2) is 34.8 Å². The first-order valence-corrected chi connectivity index (χ1v) is 8.97. The van der Waals surface area contributed by atoms with Crippen LogP contribution in [0.1, 0.15) is 12.8 Å². The van der Waals surface area contributed by atoms with E-state index >= 15 is 0 Å². The number of ketones is 1. The quantitative estimate of drug-likeness (QED) is 0.635. The van der Waals surface area contributed by atoms with E-state index < -0.39 is 27.9 Å². The van der Waals surface area contributed by atoms with Crippen molar-refractivity contribution in [3.05, 3.63) is 34.8 Å². The van der Waals surface area contributed by atoms with Gasteiger partial charge < -0.3 is 14.9 Å². The Morgan fingerprint density at radius 3 is 2.88 bits per heavy atom. The Bertz CT molecular complexity index is 775. The highest BCUT2D eigenvalue weighted by atomic mass is 35.5. The van der Waals surface area contributed by atoms with Gasteiger partial charge in [0.25, 0.3) is 0 Å². The number of aliphatic hydroxyl groups is 2. The van der Waals surface area contributed by atoms with Crippen LogP contribution in [0, 0.1) is 5.41 Å². The van der Waals surface area contributed by atoms with Gasteiger partial charge in [-0.25, -0.2) is 0 Å². The smallest absolute Gasteiger partial charge is 0.196 e.